The molecule has 0 saturated heterocycles. The predicted octanol–water partition coefficient (Wildman–Crippen LogP) is 3.44. The first-order valence-electron chi connectivity index (χ1n) is 6.38. The summed E-state index contributed by atoms with van der Waals surface area (Å²) in [5.74, 6) is 0.648. The Morgan fingerprint density at radius 3 is 2.75 bits per heavy atom. The lowest BCUT2D eigenvalue weighted by molar-refractivity contribution is 0.294. The van der Waals surface area contributed by atoms with E-state index in [1.165, 1.54) is 0 Å². The molecule has 2 rings (SSSR count). The molecular weight excluding hydrogens is 342 g/mol. The number of halogens is 2. The van der Waals surface area contributed by atoms with Crippen molar-refractivity contribution in [1.29, 1.82) is 0 Å². The Morgan fingerprint density at radius 1 is 1.45 bits per heavy atom. The van der Waals surface area contributed by atoms with Gasteiger partial charge in [-0.05, 0) is 40.0 Å². The summed E-state index contributed by atoms with van der Waals surface area (Å²) in [6, 6.07) is 5.58. The van der Waals surface area contributed by atoms with Crippen molar-refractivity contribution >= 4 is 27.5 Å². The van der Waals surface area contributed by atoms with E-state index in [1.54, 1.807) is 0 Å². The zero-order valence-electron chi connectivity index (χ0n) is 11.5. The third-order valence-corrected chi connectivity index (χ3v) is 4.31. The van der Waals surface area contributed by atoms with Gasteiger partial charge in [0.15, 0.2) is 0 Å². The Morgan fingerprint density at radius 2 is 2.20 bits per heavy atom. The number of rotatable bonds is 5. The molecule has 0 aliphatic rings. The largest absolute Gasteiger partial charge is 0.486 e. The lowest BCUT2D eigenvalue weighted by Crippen LogP contribution is -2.04. The lowest BCUT2D eigenvalue weighted by Gasteiger charge is -2.09. The Kier molecular flexibility index (Phi) is 5.07. The van der Waals surface area contributed by atoms with Gasteiger partial charge in [-0.2, -0.15) is 5.10 Å². The maximum Gasteiger partial charge on any atom is 0.138 e. The fourth-order valence-corrected chi connectivity index (χ4v) is 2.90. The molecule has 2 N–H and O–H groups in total. The number of ether oxygens (including phenoxy) is 1. The van der Waals surface area contributed by atoms with Crippen LogP contribution >= 0.6 is 27.5 Å². The molecule has 0 unspecified atom stereocenters. The van der Waals surface area contributed by atoms with Crippen LogP contribution in [-0.2, 0) is 26.6 Å². The normalized spacial score (nSPS) is 10.8. The summed E-state index contributed by atoms with van der Waals surface area (Å²) in [5, 5.41) is 5.00. The molecule has 1 aromatic carbocycles. The van der Waals surface area contributed by atoms with E-state index in [4.69, 9.17) is 22.1 Å². The molecule has 1 aromatic heterocycles. The molecule has 0 aliphatic heterocycles. The molecule has 0 amide bonds. The summed E-state index contributed by atoms with van der Waals surface area (Å²) in [6.45, 7) is 2.94. The number of aromatic nitrogens is 2. The maximum absolute atomic E-state index is 6.17. The second-order valence-corrected chi connectivity index (χ2v) is 5.64. The van der Waals surface area contributed by atoms with Crippen molar-refractivity contribution in [3.63, 3.8) is 0 Å². The third kappa shape index (κ3) is 3.16. The molecule has 0 spiro atoms. The second-order valence-electron chi connectivity index (χ2n) is 4.44. The molecular formula is C14H17BrClN3O. The van der Waals surface area contributed by atoms with Gasteiger partial charge in [0.25, 0.3) is 0 Å². The van der Waals surface area contributed by atoms with Crippen LogP contribution in [0.2, 0.25) is 5.02 Å². The number of nitrogens with two attached hydrogens (primary N) is 1. The number of benzene rings is 1. The highest BCUT2D eigenvalue weighted by molar-refractivity contribution is 9.10. The third-order valence-electron chi connectivity index (χ3n) is 3.10. The predicted molar refractivity (Wildman–Crippen MR) is 84.0 cm³/mol. The minimum absolute atomic E-state index is 0.409. The van der Waals surface area contributed by atoms with Crippen molar-refractivity contribution in [2.45, 2.75) is 26.5 Å². The van der Waals surface area contributed by atoms with Crippen molar-refractivity contribution in [3.8, 4) is 5.75 Å². The van der Waals surface area contributed by atoms with E-state index in [0.29, 0.717) is 23.9 Å². The van der Waals surface area contributed by atoms with Crippen LogP contribution in [0.5, 0.6) is 5.75 Å². The van der Waals surface area contributed by atoms with Crippen LogP contribution in [0.4, 0.5) is 0 Å². The van der Waals surface area contributed by atoms with E-state index in [9.17, 15) is 0 Å². The van der Waals surface area contributed by atoms with E-state index in [1.807, 2.05) is 29.9 Å². The van der Waals surface area contributed by atoms with Gasteiger partial charge in [-0.1, -0.05) is 24.6 Å². The topological polar surface area (TPSA) is 53.1 Å². The van der Waals surface area contributed by atoms with E-state index in [2.05, 4.69) is 28.0 Å². The van der Waals surface area contributed by atoms with Crippen molar-refractivity contribution in [3.05, 3.63) is 44.6 Å². The van der Waals surface area contributed by atoms with Crippen LogP contribution < -0.4 is 10.5 Å². The zero-order valence-corrected chi connectivity index (χ0v) is 13.8. The monoisotopic (exact) mass is 357 g/mol. The Labute approximate surface area is 132 Å². The van der Waals surface area contributed by atoms with Gasteiger partial charge in [-0.3, -0.25) is 4.68 Å². The molecule has 0 atom stereocenters. The molecule has 0 bridgehead atoms. The van der Waals surface area contributed by atoms with Crippen LogP contribution in [0, 0.1) is 0 Å². The van der Waals surface area contributed by atoms with Gasteiger partial charge < -0.3 is 10.5 Å². The summed E-state index contributed by atoms with van der Waals surface area (Å²) < 4.78 is 8.60. The van der Waals surface area contributed by atoms with E-state index < -0.39 is 0 Å². The molecule has 108 valence electrons. The van der Waals surface area contributed by atoms with Crippen molar-refractivity contribution in [2.24, 2.45) is 12.8 Å². The Balaban J connectivity index is 2.15. The minimum atomic E-state index is 0.409. The van der Waals surface area contributed by atoms with Gasteiger partial charge in [-0.25, -0.2) is 0 Å². The van der Waals surface area contributed by atoms with Gasteiger partial charge in [0.05, 0.1) is 20.9 Å². The number of nitrogens with zero attached hydrogens (tertiary/aromatic N) is 2. The van der Waals surface area contributed by atoms with Crippen LogP contribution in [-0.4, -0.2) is 9.78 Å². The molecule has 2 aromatic rings. The highest BCUT2D eigenvalue weighted by atomic mass is 79.9. The molecule has 0 fully saturated rings. The molecule has 6 heteroatoms. The lowest BCUT2D eigenvalue weighted by atomic mass is 10.2. The maximum atomic E-state index is 6.17. The van der Waals surface area contributed by atoms with E-state index >= 15 is 0 Å². The second kappa shape index (κ2) is 6.61. The van der Waals surface area contributed by atoms with Gasteiger partial charge >= 0.3 is 0 Å². The first-order valence-corrected chi connectivity index (χ1v) is 7.55. The van der Waals surface area contributed by atoms with Gasteiger partial charge in [-0.15, -0.1) is 0 Å². The van der Waals surface area contributed by atoms with Crippen LogP contribution in [0.1, 0.15) is 23.9 Å². The quantitative estimate of drug-likeness (QED) is 0.891. The summed E-state index contributed by atoms with van der Waals surface area (Å²) >= 11 is 9.74. The van der Waals surface area contributed by atoms with Crippen molar-refractivity contribution < 1.29 is 4.74 Å². The van der Waals surface area contributed by atoms with Crippen molar-refractivity contribution in [2.75, 3.05) is 0 Å². The average Bonchev–Trinajstić information content (AvgIpc) is 2.72. The molecule has 0 aliphatic carbocycles. The molecule has 0 radical (unpaired) electrons. The number of aryl methyl sites for hydroxylation is 2. The molecule has 4 nitrogen and oxygen atoms in total. The highest BCUT2D eigenvalue weighted by Crippen LogP contribution is 2.28. The van der Waals surface area contributed by atoms with Gasteiger partial charge in [0, 0.05) is 13.6 Å². The van der Waals surface area contributed by atoms with E-state index in [-0.39, 0.29) is 0 Å². The highest BCUT2D eigenvalue weighted by Gasteiger charge is 2.13. The first kappa shape index (κ1) is 15.4. The van der Waals surface area contributed by atoms with Gasteiger partial charge in [0.2, 0.25) is 0 Å². The smallest absolute Gasteiger partial charge is 0.138 e. The average molecular weight is 359 g/mol. The van der Waals surface area contributed by atoms with Crippen LogP contribution in [0.3, 0.4) is 0 Å². The standard InChI is InChI=1S/C14H17BrClN3O/c1-3-11-14(15)12(19(2)18-11)8-20-13-5-4-9(7-17)6-10(13)16/h4-6H,3,7-8,17H2,1-2H3. The van der Waals surface area contributed by atoms with E-state index in [0.717, 1.165) is 27.8 Å². The summed E-state index contributed by atoms with van der Waals surface area (Å²) in [6.07, 6.45) is 0.875. The number of hydrogen-bond donors (Lipinski definition) is 1. The molecule has 1 heterocycles. The molecule has 20 heavy (non-hydrogen) atoms. The Hall–Kier alpha value is -1.04. The first-order chi connectivity index (χ1) is 9.56. The summed E-state index contributed by atoms with van der Waals surface area (Å²) in [7, 11) is 1.90. The Bertz CT molecular complexity index is 613. The molecule has 0 saturated carbocycles. The minimum Gasteiger partial charge on any atom is -0.486 e. The fourth-order valence-electron chi connectivity index (χ4n) is 1.91. The van der Waals surface area contributed by atoms with Gasteiger partial charge in [0.1, 0.15) is 12.4 Å². The SMILES string of the molecule is CCc1nn(C)c(COc2ccc(CN)cc2Cl)c1Br. The van der Waals surface area contributed by atoms with Crippen LogP contribution in [0.25, 0.3) is 0 Å². The fraction of sp³-hybridized carbons (Fsp3) is 0.357. The number of hydrogen-bond acceptors (Lipinski definition) is 3. The zero-order chi connectivity index (χ0) is 14.7. The summed E-state index contributed by atoms with van der Waals surface area (Å²) in [4.78, 5) is 0. The van der Waals surface area contributed by atoms with Crippen LogP contribution in [0.15, 0.2) is 22.7 Å². The van der Waals surface area contributed by atoms with Crippen molar-refractivity contribution in [1.82, 2.24) is 9.78 Å². The summed E-state index contributed by atoms with van der Waals surface area (Å²) in [5.41, 5.74) is 8.57.